The molecule has 0 saturated carbocycles. The van der Waals surface area contributed by atoms with Crippen molar-refractivity contribution in [3.63, 3.8) is 0 Å². The van der Waals surface area contributed by atoms with Gasteiger partial charge in [-0.05, 0) is 41.8 Å². The Hall–Kier alpha value is -4.10. The molecule has 0 N–H and O–H groups in total. The van der Waals surface area contributed by atoms with Gasteiger partial charge in [-0.1, -0.05) is 36.4 Å². The molecule has 5 aromatic rings. The normalized spacial score (nSPS) is 11.3. The number of thiophene rings is 1. The molecule has 3 heterocycles. The van der Waals surface area contributed by atoms with Crippen molar-refractivity contribution in [1.82, 2.24) is 24.6 Å². The van der Waals surface area contributed by atoms with Crippen molar-refractivity contribution in [2.75, 3.05) is 7.05 Å². The van der Waals surface area contributed by atoms with E-state index in [2.05, 4.69) is 9.97 Å². The number of carbonyl (C=O) groups excluding carboxylic acids is 1. The van der Waals surface area contributed by atoms with Crippen LogP contribution in [0.4, 0.5) is 0 Å². The van der Waals surface area contributed by atoms with Gasteiger partial charge in [0.25, 0.3) is 0 Å². The Morgan fingerprint density at radius 1 is 1.03 bits per heavy atom. The fourth-order valence-corrected chi connectivity index (χ4v) is 4.27. The van der Waals surface area contributed by atoms with Crippen LogP contribution in [0.5, 0.6) is 0 Å². The van der Waals surface area contributed by atoms with Crippen LogP contribution in [0.2, 0.25) is 0 Å². The molecule has 3 aromatic heterocycles. The van der Waals surface area contributed by atoms with Gasteiger partial charge in [0.1, 0.15) is 5.69 Å². The summed E-state index contributed by atoms with van der Waals surface area (Å²) in [5.41, 5.74) is 5.12. The third kappa shape index (κ3) is 4.58. The van der Waals surface area contributed by atoms with E-state index in [4.69, 9.17) is 5.10 Å². The zero-order valence-corrected chi connectivity index (χ0v) is 18.8. The topological polar surface area (TPSA) is 63.9 Å². The summed E-state index contributed by atoms with van der Waals surface area (Å²) in [6.45, 7) is 0.437. The minimum Gasteiger partial charge on any atom is -0.338 e. The molecule has 7 heteroatoms. The van der Waals surface area contributed by atoms with Gasteiger partial charge in [-0.15, -0.1) is 11.3 Å². The van der Waals surface area contributed by atoms with E-state index < -0.39 is 0 Å². The van der Waals surface area contributed by atoms with Crippen molar-refractivity contribution in [3.8, 4) is 16.3 Å². The fraction of sp³-hybridized carbons (Fsp3) is 0.0769. The molecule has 0 aliphatic rings. The van der Waals surface area contributed by atoms with Crippen LogP contribution in [0.3, 0.4) is 0 Å². The van der Waals surface area contributed by atoms with Crippen LogP contribution in [0, 0.1) is 0 Å². The van der Waals surface area contributed by atoms with Crippen LogP contribution in [0.1, 0.15) is 11.3 Å². The summed E-state index contributed by atoms with van der Waals surface area (Å²) >= 11 is 1.63. The van der Waals surface area contributed by atoms with Crippen molar-refractivity contribution in [3.05, 3.63) is 102 Å². The number of benzene rings is 2. The fourth-order valence-electron chi connectivity index (χ4n) is 3.53. The Bertz CT molecular complexity index is 1420. The van der Waals surface area contributed by atoms with Crippen LogP contribution in [-0.2, 0) is 11.3 Å². The number of nitrogens with zero attached hydrogens (tertiary/aromatic N) is 5. The molecular formula is C26H21N5OS. The minimum atomic E-state index is -0.116. The van der Waals surface area contributed by atoms with Crippen molar-refractivity contribution >= 4 is 34.4 Å². The second-order valence-corrected chi connectivity index (χ2v) is 8.52. The second-order valence-electron chi connectivity index (χ2n) is 7.57. The maximum absolute atomic E-state index is 12.8. The number of para-hydroxylation sites is 3. The molecule has 33 heavy (non-hydrogen) atoms. The molecule has 5 rings (SSSR count). The molecule has 2 aromatic carbocycles. The van der Waals surface area contributed by atoms with Crippen molar-refractivity contribution in [2.45, 2.75) is 6.54 Å². The lowest BCUT2D eigenvalue weighted by molar-refractivity contribution is -0.125. The molecule has 0 unspecified atom stereocenters. The van der Waals surface area contributed by atoms with Gasteiger partial charge in [0.15, 0.2) is 0 Å². The van der Waals surface area contributed by atoms with E-state index in [0.717, 1.165) is 32.9 Å². The highest BCUT2D eigenvalue weighted by Gasteiger charge is 2.16. The van der Waals surface area contributed by atoms with E-state index in [-0.39, 0.29) is 5.91 Å². The Morgan fingerprint density at radius 2 is 1.82 bits per heavy atom. The predicted molar refractivity (Wildman–Crippen MR) is 132 cm³/mol. The summed E-state index contributed by atoms with van der Waals surface area (Å²) in [6, 6.07) is 21.7. The van der Waals surface area contributed by atoms with Gasteiger partial charge < -0.3 is 4.90 Å². The van der Waals surface area contributed by atoms with Crippen molar-refractivity contribution in [2.24, 2.45) is 0 Å². The van der Waals surface area contributed by atoms with Crippen molar-refractivity contribution in [1.29, 1.82) is 0 Å². The first-order valence-corrected chi connectivity index (χ1v) is 11.4. The van der Waals surface area contributed by atoms with E-state index in [1.54, 1.807) is 35.6 Å². The van der Waals surface area contributed by atoms with Gasteiger partial charge in [-0.25, -0.2) is 9.67 Å². The van der Waals surface area contributed by atoms with E-state index in [1.807, 2.05) is 83.0 Å². The van der Waals surface area contributed by atoms with E-state index in [1.165, 1.54) is 6.08 Å². The van der Waals surface area contributed by atoms with Crippen LogP contribution >= 0.6 is 11.3 Å². The summed E-state index contributed by atoms with van der Waals surface area (Å²) in [4.78, 5) is 24.5. The second kappa shape index (κ2) is 9.18. The van der Waals surface area contributed by atoms with Crippen molar-refractivity contribution < 1.29 is 4.79 Å². The standard InChI is InChI=1S/C26H21N5OS/c1-30(25(32)14-13-20-16-27-22-10-5-6-11-23(22)28-20)17-19-18-31(21-8-3-2-4-9-21)29-26(19)24-12-7-15-33-24/h2-16,18H,17H2,1H3/b14-13+. The molecule has 0 atom stereocenters. The molecule has 6 nitrogen and oxygen atoms in total. The number of amides is 1. The lowest BCUT2D eigenvalue weighted by atomic mass is 10.2. The Labute approximate surface area is 195 Å². The van der Waals surface area contributed by atoms with Gasteiger partial charge in [0, 0.05) is 31.4 Å². The zero-order valence-electron chi connectivity index (χ0n) is 18.0. The first-order valence-electron chi connectivity index (χ1n) is 10.5. The summed E-state index contributed by atoms with van der Waals surface area (Å²) < 4.78 is 1.86. The van der Waals surface area contributed by atoms with Crippen LogP contribution in [-0.4, -0.2) is 37.6 Å². The van der Waals surface area contributed by atoms with E-state index >= 15 is 0 Å². The maximum atomic E-state index is 12.8. The number of aromatic nitrogens is 4. The molecular weight excluding hydrogens is 430 g/mol. The largest absolute Gasteiger partial charge is 0.338 e. The maximum Gasteiger partial charge on any atom is 0.246 e. The molecule has 0 bridgehead atoms. The first-order chi connectivity index (χ1) is 16.2. The zero-order chi connectivity index (χ0) is 22.6. The van der Waals surface area contributed by atoms with Gasteiger partial charge >= 0.3 is 0 Å². The predicted octanol–water partition coefficient (Wildman–Crippen LogP) is 5.22. The highest BCUT2D eigenvalue weighted by molar-refractivity contribution is 7.13. The average molecular weight is 452 g/mol. The molecule has 0 radical (unpaired) electrons. The van der Waals surface area contributed by atoms with Crippen LogP contribution in [0.15, 0.2) is 90.6 Å². The quantitative estimate of drug-likeness (QED) is 0.332. The Kier molecular flexibility index (Phi) is 5.78. The summed E-state index contributed by atoms with van der Waals surface area (Å²) in [7, 11) is 1.79. The number of likely N-dealkylation sites (N-methyl/N-ethyl adjacent to an activating group) is 1. The highest BCUT2D eigenvalue weighted by Crippen LogP contribution is 2.28. The minimum absolute atomic E-state index is 0.116. The third-order valence-electron chi connectivity index (χ3n) is 5.21. The number of hydrogen-bond acceptors (Lipinski definition) is 5. The highest BCUT2D eigenvalue weighted by atomic mass is 32.1. The van der Waals surface area contributed by atoms with E-state index in [9.17, 15) is 4.79 Å². The molecule has 162 valence electrons. The van der Waals surface area contributed by atoms with E-state index in [0.29, 0.717) is 12.2 Å². The number of carbonyl (C=O) groups is 1. The number of hydrogen-bond donors (Lipinski definition) is 0. The summed E-state index contributed by atoms with van der Waals surface area (Å²) in [5.74, 6) is -0.116. The van der Waals surface area contributed by atoms with Gasteiger partial charge in [-0.2, -0.15) is 5.10 Å². The van der Waals surface area contributed by atoms with Gasteiger partial charge in [0.05, 0.1) is 33.5 Å². The molecule has 0 saturated heterocycles. The lowest BCUT2D eigenvalue weighted by Gasteiger charge is -2.14. The number of fused-ring (bicyclic) bond motifs is 1. The monoisotopic (exact) mass is 451 g/mol. The Balaban J connectivity index is 1.37. The molecule has 0 spiro atoms. The smallest absolute Gasteiger partial charge is 0.246 e. The molecule has 0 aliphatic carbocycles. The molecule has 0 aliphatic heterocycles. The summed E-state index contributed by atoms with van der Waals surface area (Å²) in [5, 5.41) is 6.84. The van der Waals surface area contributed by atoms with Crippen LogP contribution in [0.25, 0.3) is 33.4 Å². The average Bonchev–Trinajstić information content (AvgIpc) is 3.53. The Morgan fingerprint density at radius 3 is 2.61 bits per heavy atom. The third-order valence-corrected chi connectivity index (χ3v) is 6.09. The molecule has 1 amide bonds. The lowest BCUT2D eigenvalue weighted by Crippen LogP contribution is -2.24. The van der Waals surface area contributed by atoms with Gasteiger partial charge in [0.2, 0.25) is 5.91 Å². The molecule has 0 fully saturated rings. The number of rotatable bonds is 6. The first kappa shape index (κ1) is 20.8. The SMILES string of the molecule is CN(Cc1cn(-c2ccccc2)nc1-c1cccs1)C(=O)/C=C/c1cnc2ccccc2n1. The summed E-state index contributed by atoms with van der Waals surface area (Å²) in [6.07, 6.45) is 6.90. The van der Waals surface area contributed by atoms with Crippen LogP contribution < -0.4 is 0 Å². The van der Waals surface area contributed by atoms with Gasteiger partial charge in [-0.3, -0.25) is 9.78 Å².